The molecule has 0 spiro atoms. The van der Waals surface area contributed by atoms with Gasteiger partial charge in [0.2, 0.25) is 0 Å². The Morgan fingerprint density at radius 3 is 2.69 bits per heavy atom. The predicted molar refractivity (Wildman–Crippen MR) is 52.6 cm³/mol. The lowest BCUT2D eigenvalue weighted by Gasteiger charge is -2.25. The van der Waals surface area contributed by atoms with Gasteiger partial charge in [-0.25, -0.2) is 0 Å². The number of carbonyl (C=O) groups excluding carboxylic acids is 1. The third-order valence-electron chi connectivity index (χ3n) is 3.09. The molecule has 1 fully saturated rings. The fourth-order valence-electron chi connectivity index (χ4n) is 2.23. The Balaban J connectivity index is 2.46. The minimum atomic E-state index is 0.203. The Morgan fingerprint density at radius 2 is 2.23 bits per heavy atom. The van der Waals surface area contributed by atoms with Gasteiger partial charge in [-0.2, -0.15) is 0 Å². The summed E-state index contributed by atoms with van der Waals surface area (Å²) in [6, 6.07) is 0. The standard InChI is InChI=1S/C11H20O2/c1-4-13-8-10(12)9-6-5-7-11(9,2)3/h9H,4-8H2,1-3H3. The molecule has 76 valence electrons. The first kappa shape index (κ1) is 10.7. The number of hydrogen-bond donors (Lipinski definition) is 0. The molecule has 13 heavy (non-hydrogen) atoms. The van der Waals surface area contributed by atoms with Crippen LogP contribution in [-0.2, 0) is 9.53 Å². The first-order chi connectivity index (χ1) is 6.08. The van der Waals surface area contributed by atoms with E-state index in [0.717, 1.165) is 6.42 Å². The van der Waals surface area contributed by atoms with Gasteiger partial charge in [0.1, 0.15) is 6.61 Å². The maximum atomic E-state index is 11.7. The van der Waals surface area contributed by atoms with Gasteiger partial charge in [-0.3, -0.25) is 4.79 Å². The smallest absolute Gasteiger partial charge is 0.162 e. The highest BCUT2D eigenvalue weighted by molar-refractivity contribution is 5.83. The quantitative estimate of drug-likeness (QED) is 0.670. The normalized spacial score (nSPS) is 26.2. The van der Waals surface area contributed by atoms with Gasteiger partial charge in [0.15, 0.2) is 5.78 Å². The van der Waals surface area contributed by atoms with Crippen LogP contribution in [0.5, 0.6) is 0 Å². The SMILES string of the molecule is CCOCC(=O)C1CCCC1(C)C. The molecule has 1 atom stereocenters. The molecule has 0 saturated heterocycles. The highest BCUT2D eigenvalue weighted by Crippen LogP contribution is 2.42. The van der Waals surface area contributed by atoms with Gasteiger partial charge in [0, 0.05) is 12.5 Å². The molecule has 1 unspecified atom stereocenters. The summed E-state index contributed by atoms with van der Waals surface area (Å²) >= 11 is 0. The van der Waals surface area contributed by atoms with E-state index in [0.29, 0.717) is 19.0 Å². The van der Waals surface area contributed by atoms with Crippen molar-refractivity contribution in [1.82, 2.24) is 0 Å². The van der Waals surface area contributed by atoms with Crippen LogP contribution in [0.3, 0.4) is 0 Å². The number of rotatable bonds is 4. The third-order valence-corrected chi connectivity index (χ3v) is 3.09. The van der Waals surface area contributed by atoms with Crippen LogP contribution in [-0.4, -0.2) is 19.0 Å². The van der Waals surface area contributed by atoms with Gasteiger partial charge in [-0.15, -0.1) is 0 Å². The van der Waals surface area contributed by atoms with Crippen LogP contribution >= 0.6 is 0 Å². The lowest BCUT2D eigenvalue weighted by Crippen LogP contribution is -2.28. The van der Waals surface area contributed by atoms with Crippen molar-refractivity contribution in [2.45, 2.75) is 40.0 Å². The van der Waals surface area contributed by atoms with Crippen molar-refractivity contribution in [1.29, 1.82) is 0 Å². The predicted octanol–water partition coefficient (Wildman–Crippen LogP) is 2.42. The Labute approximate surface area is 80.7 Å². The van der Waals surface area contributed by atoms with E-state index in [1.165, 1.54) is 12.8 Å². The molecular formula is C11H20O2. The highest BCUT2D eigenvalue weighted by atomic mass is 16.5. The van der Waals surface area contributed by atoms with E-state index in [9.17, 15) is 4.79 Å². The monoisotopic (exact) mass is 184 g/mol. The zero-order valence-corrected chi connectivity index (χ0v) is 8.93. The molecule has 0 aromatic rings. The van der Waals surface area contributed by atoms with Crippen LogP contribution in [0.15, 0.2) is 0 Å². The van der Waals surface area contributed by atoms with E-state index in [1.54, 1.807) is 0 Å². The lowest BCUT2D eigenvalue weighted by atomic mass is 9.79. The molecular weight excluding hydrogens is 164 g/mol. The van der Waals surface area contributed by atoms with Crippen LogP contribution in [0.1, 0.15) is 40.0 Å². The topological polar surface area (TPSA) is 26.3 Å². The number of hydrogen-bond acceptors (Lipinski definition) is 2. The number of ketones is 1. The van der Waals surface area contributed by atoms with E-state index in [1.807, 2.05) is 6.92 Å². The van der Waals surface area contributed by atoms with Crippen molar-refractivity contribution >= 4 is 5.78 Å². The van der Waals surface area contributed by atoms with Crippen molar-refractivity contribution < 1.29 is 9.53 Å². The summed E-state index contributed by atoms with van der Waals surface area (Å²) in [5, 5.41) is 0. The molecule has 0 N–H and O–H groups in total. The highest BCUT2D eigenvalue weighted by Gasteiger charge is 2.38. The Morgan fingerprint density at radius 1 is 1.54 bits per heavy atom. The first-order valence-corrected chi connectivity index (χ1v) is 5.18. The minimum Gasteiger partial charge on any atom is -0.374 e. The van der Waals surface area contributed by atoms with E-state index < -0.39 is 0 Å². The van der Waals surface area contributed by atoms with Crippen molar-refractivity contribution in [3.05, 3.63) is 0 Å². The largest absolute Gasteiger partial charge is 0.374 e. The fraction of sp³-hybridized carbons (Fsp3) is 0.909. The van der Waals surface area contributed by atoms with E-state index in [4.69, 9.17) is 4.74 Å². The number of Topliss-reactive ketones (excluding diaryl/α,β-unsaturated/α-hetero) is 1. The zero-order chi connectivity index (χ0) is 9.90. The molecule has 0 heterocycles. The van der Waals surface area contributed by atoms with Gasteiger partial charge < -0.3 is 4.74 Å². The molecule has 0 aromatic heterocycles. The van der Waals surface area contributed by atoms with Crippen LogP contribution < -0.4 is 0 Å². The average Bonchev–Trinajstić information content (AvgIpc) is 2.41. The van der Waals surface area contributed by atoms with Crippen molar-refractivity contribution in [2.75, 3.05) is 13.2 Å². The van der Waals surface area contributed by atoms with E-state index >= 15 is 0 Å². The summed E-state index contributed by atoms with van der Waals surface area (Å²) in [6.07, 6.45) is 3.42. The van der Waals surface area contributed by atoms with Gasteiger partial charge >= 0.3 is 0 Å². The Bertz CT molecular complexity index is 185. The lowest BCUT2D eigenvalue weighted by molar-refractivity contribution is -0.129. The summed E-state index contributed by atoms with van der Waals surface area (Å²) in [5.74, 6) is 0.531. The van der Waals surface area contributed by atoms with Crippen molar-refractivity contribution in [3.8, 4) is 0 Å². The summed E-state index contributed by atoms with van der Waals surface area (Å²) < 4.78 is 5.15. The molecule has 0 aromatic carbocycles. The fourth-order valence-corrected chi connectivity index (χ4v) is 2.23. The first-order valence-electron chi connectivity index (χ1n) is 5.18. The van der Waals surface area contributed by atoms with Crippen molar-refractivity contribution in [3.63, 3.8) is 0 Å². The molecule has 2 nitrogen and oxygen atoms in total. The second kappa shape index (κ2) is 4.23. The number of carbonyl (C=O) groups is 1. The molecule has 0 amide bonds. The van der Waals surface area contributed by atoms with E-state index in [2.05, 4.69) is 13.8 Å². The van der Waals surface area contributed by atoms with Gasteiger partial charge in [0.05, 0.1) is 0 Å². The zero-order valence-electron chi connectivity index (χ0n) is 8.93. The Hall–Kier alpha value is -0.370. The maximum absolute atomic E-state index is 11.7. The molecule has 1 aliphatic rings. The van der Waals surface area contributed by atoms with Crippen molar-refractivity contribution in [2.24, 2.45) is 11.3 Å². The van der Waals surface area contributed by atoms with Gasteiger partial charge in [-0.1, -0.05) is 20.3 Å². The molecule has 0 bridgehead atoms. The molecule has 0 aliphatic heterocycles. The van der Waals surface area contributed by atoms with Gasteiger partial charge in [0.25, 0.3) is 0 Å². The van der Waals surface area contributed by atoms with E-state index in [-0.39, 0.29) is 11.3 Å². The van der Waals surface area contributed by atoms with Crippen LogP contribution in [0.4, 0.5) is 0 Å². The second-order valence-corrected chi connectivity index (χ2v) is 4.54. The molecule has 2 heteroatoms. The molecule has 1 saturated carbocycles. The summed E-state index contributed by atoms with van der Waals surface area (Å²) in [5.41, 5.74) is 0.203. The van der Waals surface area contributed by atoms with Crippen LogP contribution in [0.2, 0.25) is 0 Å². The summed E-state index contributed by atoms with van der Waals surface area (Å²) in [4.78, 5) is 11.7. The summed E-state index contributed by atoms with van der Waals surface area (Å²) in [7, 11) is 0. The summed E-state index contributed by atoms with van der Waals surface area (Å²) in [6.45, 7) is 7.25. The number of ether oxygens (including phenoxy) is 1. The average molecular weight is 184 g/mol. The van der Waals surface area contributed by atoms with Crippen LogP contribution in [0.25, 0.3) is 0 Å². The van der Waals surface area contributed by atoms with Crippen LogP contribution in [0, 0.1) is 11.3 Å². The minimum absolute atomic E-state index is 0.203. The Kier molecular flexibility index (Phi) is 3.48. The second-order valence-electron chi connectivity index (χ2n) is 4.54. The molecule has 0 radical (unpaired) electrons. The molecule has 1 aliphatic carbocycles. The maximum Gasteiger partial charge on any atom is 0.162 e. The molecule has 1 rings (SSSR count). The van der Waals surface area contributed by atoms with Gasteiger partial charge in [-0.05, 0) is 25.2 Å². The third kappa shape index (κ3) is 2.53.